The average molecular weight is 1020 g/mol. The van der Waals surface area contributed by atoms with Gasteiger partial charge < -0.3 is 40.3 Å². The highest BCUT2D eigenvalue weighted by Gasteiger charge is 2.44. The highest BCUT2D eigenvalue weighted by Crippen LogP contribution is 2.24. The van der Waals surface area contributed by atoms with E-state index in [-0.39, 0.29) is 12.5 Å². The van der Waals surface area contributed by atoms with Crippen molar-refractivity contribution in [2.45, 2.75) is 371 Å². The Kier molecular flexibility index (Phi) is 51.1. The normalized spacial score (nSPS) is 19.1. The van der Waals surface area contributed by atoms with Crippen LogP contribution in [0.25, 0.3) is 0 Å². The van der Waals surface area contributed by atoms with Gasteiger partial charge in [0.05, 0.1) is 25.4 Å². The lowest BCUT2D eigenvalue weighted by Crippen LogP contribution is -2.60. The molecule has 6 N–H and O–H groups in total. The molecule has 0 aromatic rings. The van der Waals surface area contributed by atoms with Crippen LogP contribution < -0.4 is 5.32 Å². The first-order valence-corrected chi connectivity index (χ1v) is 31.9. The van der Waals surface area contributed by atoms with Gasteiger partial charge in [0.25, 0.3) is 0 Å². The van der Waals surface area contributed by atoms with Crippen molar-refractivity contribution in [1.29, 1.82) is 0 Å². The molecule has 9 heteroatoms. The van der Waals surface area contributed by atoms with Crippen LogP contribution in [0.2, 0.25) is 0 Å². The highest BCUT2D eigenvalue weighted by atomic mass is 16.7. The van der Waals surface area contributed by atoms with E-state index >= 15 is 0 Å². The van der Waals surface area contributed by atoms with Gasteiger partial charge in [0.2, 0.25) is 5.91 Å². The smallest absolute Gasteiger partial charge is 0.220 e. The Hall–Kier alpha value is -1.07. The van der Waals surface area contributed by atoms with Gasteiger partial charge in [0, 0.05) is 6.42 Å². The summed E-state index contributed by atoms with van der Waals surface area (Å²) < 4.78 is 11.3. The van der Waals surface area contributed by atoms with E-state index in [4.69, 9.17) is 9.47 Å². The molecule has 7 atom stereocenters. The van der Waals surface area contributed by atoms with Crippen LogP contribution in [-0.4, -0.2) is 87.5 Å². The second-order valence-electron chi connectivity index (χ2n) is 22.6. The van der Waals surface area contributed by atoms with Crippen LogP contribution in [0, 0.1) is 0 Å². The van der Waals surface area contributed by atoms with E-state index in [0.717, 1.165) is 38.5 Å². The van der Waals surface area contributed by atoms with Crippen LogP contribution in [0.3, 0.4) is 0 Å². The number of hydrogen-bond donors (Lipinski definition) is 6. The van der Waals surface area contributed by atoms with Gasteiger partial charge in [-0.25, -0.2) is 0 Å². The van der Waals surface area contributed by atoms with Crippen LogP contribution in [0.1, 0.15) is 328 Å². The van der Waals surface area contributed by atoms with Gasteiger partial charge in [-0.3, -0.25) is 4.79 Å². The minimum Gasteiger partial charge on any atom is -0.394 e. The minimum absolute atomic E-state index is 0.133. The van der Waals surface area contributed by atoms with Gasteiger partial charge in [-0.1, -0.05) is 296 Å². The third-order valence-corrected chi connectivity index (χ3v) is 15.6. The molecule has 0 radical (unpaired) electrons. The maximum absolute atomic E-state index is 13.1. The predicted molar refractivity (Wildman–Crippen MR) is 304 cm³/mol. The summed E-state index contributed by atoms with van der Waals surface area (Å²) in [6, 6.07) is -0.716. The molecule has 0 bridgehead atoms. The summed E-state index contributed by atoms with van der Waals surface area (Å²) in [5.74, 6) is -0.137. The molecule has 7 unspecified atom stereocenters. The lowest BCUT2D eigenvalue weighted by molar-refractivity contribution is -0.302. The van der Waals surface area contributed by atoms with Crippen molar-refractivity contribution < 1.29 is 39.8 Å². The zero-order valence-corrected chi connectivity index (χ0v) is 47.7. The Morgan fingerprint density at radius 1 is 0.458 bits per heavy atom. The SMILES string of the molecule is CCCCCCCCCCCCCC/C=C\CCCCCCCCCCCCCCCCCC(=O)NC(COC1OC(CO)C(O)C(O)C1O)C(O)CCCCCCCCCCCCCCCCCCCC. The van der Waals surface area contributed by atoms with Gasteiger partial charge in [-0.05, 0) is 38.5 Å². The molecule has 1 amide bonds. The van der Waals surface area contributed by atoms with Gasteiger partial charge >= 0.3 is 0 Å². The number of carbonyl (C=O) groups excluding carboxylic acids is 1. The third-order valence-electron chi connectivity index (χ3n) is 15.6. The van der Waals surface area contributed by atoms with Crippen molar-refractivity contribution in [2.75, 3.05) is 13.2 Å². The monoisotopic (exact) mass is 1020 g/mol. The Balaban J connectivity index is 2.11. The molecule has 428 valence electrons. The molecule has 1 saturated heterocycles. The standard InChI is InChI=1S/C63H123NO8/c1-3-5-7-9-11-13-15-17-19-21-23-24-25-26-27-28-29-30-31-32-33-34-35-37-39-41-43-45-47-49-51-53-59(67)64-56(55-71-63-62(70)61(69)60(68)58(54-65)72-63)57(66)52-50-48-46-44-42-40-38-36-22-20-18-16-14-12-10-8-6-4-2/h26-27,56-58,60-63,65-66,68-70H,3-25,28-55H2,1-2H3,(H,64,67)/b27-26-. The number of amides is 1. The Labute approximate surface area is 446 Å². The molecule has 0 aromatic heterocycles. The largest absolute Gasteiger partial charge is 0.394 e. The van der Waals surface area contributed by atoms with E-state index in [1.165, 1.54) is 263 Å². The van der Waals surface area contributed by atoms with Crippen LogP contribution in [0.15, 0.2) is 12.2 Å². The number of ether oxygens (including phenoxy) is 2. The lowest BCUT2D eigenvalue weighted by Gasteiger charge is -2.40. The fourth-order valence-electron chi connectivity index (χ4n) is 10.6. The first-order valence-electron chi connectivity index (χ1n) is 31.9. The molecule has 0 spiro atoms. The first kappa shape index (κ1) is 68.9. The molecular formula is C63H123NO8. The van der Waals surface area contributed by atoms with Crippen molar-refractivity contribution in [3.05, 3.63) is 12.2 Å². The summed E-state index contributed by atoms with van der Waals surface area (Å²) in [6.45, 7) is 3.89. The molecule has 1 aliphatic heterocycles. The number of rotatable bonds is 56. The second kappa shape index (κ2) is 53.3. The zero-order chi connectivity index (χ0) is 52.2. The molecule has 0 aliphatic carbocycles. The Bertz CT molecular complexity index is 1140. The van der Waals surface area contributed by atoms with Gasteiger partial charge in [-0.2, -0.15) is 0 Å². The van der Waals surface area contributed by atoms with Crippen LogP contribution >= 0.6 is 0 Å². The molecular weight excluding hydrogens is 899 g/mol. The number of unbranched alkanes of at least 4 members (excludes halogenated alkanes) is 44. The highest BCUT2D eigenvalue weighted by molar-refractivity contribution is 5.76. The third kappa shape index (κ3) is 42.1. The molecule has 1 heterocycles. The van der Waals surface area contributed by atoms with E-state index in [1.807, 2.05) is 0 Å². The molecule has 0 aromatic carbocycles. The van der Waals surface area contributed by atoms with Crippen molar-refractivity contribution >= 4 is 5.91 Å². The number of aliphatic hydroxyl groups excluding tert-OH is 5. The second-order valence-corrected chi connectivity index (χ2v) is 22.6. The number of carbonyl (C=O) groups is 1. The summed E-state index contributed by atoms with van der Waals surface area (Å²) in [5.41, 5.74) is 0. The van der Waals surface area contributed by atoms with Crippen molar-refractivity contribution in [2.24, 2.45) is 0 Å². The molecule has 1 rings (SSSR count). The summed E-state index contributed by atoms with van der Waals surface area (Å²) in [6.07, 6.45) is 59.8. The Morgan fingerprint density at radius 2 is 0.778 bits per heavy atom. The van der Waals surface area contributed by atoms with Gasteiger partial charge in [-0.15, -0.1) is 0 Å². The lowest BCUT2D eigenvalue weighted by atomic mass is 9.99. The van der Waals surface area contributed by atoms with E-state index in [9.17, 15) is 30.3 Å². The number of nitrogens with one attached hydrogen (secondary N) is 1. The summed E-state index contributed by atoms with van der Waals surface area (Å²) >= 11 is 0. The maximum Gasteiger partial charge on any atom is 0.220 e. The quantitative estimate of drug-likeness (QED) is 0.0261. The predicted octanol–water partition coefficient (Wildman–Crippen LogP) is 16.4. The van der Waals surface area contributed by atoms with E-state index < -0.39 is 49.5 Å². The number of aliphatic hydroxyl groups is 5. The summed E-state index contributed by atoms with van der Waals surface area (Å²) in [7, 11) is 0. The summed E-state index contributed by atoms with van der Waals surface area (Å²) in [5, 5.41) is 54.8. The van der Waals surface area contributed by atoms with E-state index in [0.29, 0.717) is 12.8 Å². The number of hydrogen-bond acceptors (Lipinski definition) is 8. The van der Waals surface area contributed by atoms with E-state index in [2.05, 4.69) is 31.3 Å². The minimum atomic E-state index is -1.55. The zero-order valence-electron chi connectivity index (χ0n) is 47.7. The van der Waals surface area contributed by atoms with Crippen LogP contribution in [-0.2, 0) is 14.3 Å². The Morgan fingerprint density at radius 3 is 1.12 bits per heavy atom. The molecule has 1 aliphatic rings. The van der Waals surface area contributed by atoms with Crippen molar-refractivity contribution in [3.63, 3.8) is 0 Å². The molecule has 1 fully saturated rings. The topological polar surface area (TPSA) is 149 Å². The molecule has 72 heavy (non-hydrogen) atoms. The fourth-order valence-corrected chi connectivity index (χ4v) is 10.6. The summed E-state index contributed by atoms with van der Waals surface area (Å²) in [4.78, 5) is 13.1. The number of allylic oxidation sites excluding steroid dienone is 2. The first-order chi connectivity index (χ1) is 35.3. The van der Waals surface area contributed by atoms with Gasteiger partial charge in [0.15, 0.2) is 6.29 Å². The van der Waals surface area contributed by atoms with Crippen LogP contribution in [0.5, 0.6) is 0 Å². The van der Waals surface area contributed by atoms with Crippen molar-refractivity contribution in [1.82, 2.24) is 5.32 Å². The fraction of sp³-hybridized carbons (Fsp3) is 0.952. The maximum atomic E-state index is 13.1. The average Bonchev–Trinajstić information content (AvgIpc) is 3.38. The molecule has 0 saturated carbocycles. The van der Waals surface area contributed by atoms with E-state index in [1.54, 1.807) is 0 Å². The van der Waals surface area contributed by atoms with Gasteiger partial charge in [0.1, 0.15) is 24.4 Å². The van der Waals surface area contributed by atoms with Crippen LogP contribution in [0.4, 0.5) is 0 Å². The van der Waals surface area contributed by atoms with Crippen molar-refractivity contribution in [3.8, 4) is 0 Å². The molecule has 9 nitrogen and oxygen atoms in total.